The lowest BCUT2D eigenvalue weighted by Crippen LogP contribution is -2.43. The number of allylic oxidation sites excluding steroid dienone is 2. The minimum absolute atomic E-state index is 0.263. The molecule has 0 saturated heterocycles. The van der Waals surface area contributed by atoms with Crippen LogP contribution in [0.3, 0.4) is 0 Å². The summed E-state index contributed by atoms with van der Waals surface area (Å²) in [4.78, 5) is 16.7. The first-order valence-corrected chi connectivity index (χ1v) is 8.71. The number of amides is 1. The van der Waals surface area contributed by atoms with Crippen molar-refractivity contribution in [2.24, 2.45) is 17.8 Å². The molecule has 4 rings (SSSR count). The van der Waals surface area contributed by atoms with Gasteiger partial charge in [0.1, 0.15) is 0 Å². The van der Waals surface area contributed by atoms with Crippen molar-refractivity contribution < 1.29 is 4.79 Å². The predicted octanol–water partition coefficient (Wildman–Crippen LogP) is 3.80. The summed E-state index contributed by atoms with van der Waals surface area (Å²) in [5.41, 5.74) is 1.41. The van der Waals surface area contributed by atoms with Crippen molar-refractivity contribution in [1.82, 2.24) is 4.90 Å². The lowest BCUT2D eigenvalue weighted by atomic mass is 9.89. The molecule has 0 spiro atoms. The van der Waals surface area contributed by atoms with Crippen LogP contribution in [0.5, 0.6) is 0 Å². The zero-order valence-corrected chi connectivity index (χ0v) is 12.7. The van der Waals surface area contributed by atoms with Crippen molar-refractivity contribution in [3.8, 4) is 0 Å². The van der Waals surface area contributed by atoms with Gasteiger partial charge in [0.25, 0.3) is 0 Å². The SMILES string of the molecule is CC[C@@H]1c2ccsc2CCN1C(=O)[C@@H]1C[C@H]2C=C[C@H]1C2. The van der Waals surface area contributed by atoms with E-state index in [1.165, 1.54) is 16.9 Å². The Bertz CT molecular complexity index is 561. The van der Waals surface area contributed by atoms with Gasteiger partial charge in [0, 0.05) is 17.3 Å². The third-order valence-corrected chi connectivity index (χ3v) is 6.36. The van der Waals surface area contributed by atoms with E-state index in [-0.39, 0.29) is 5.92 Å². The summed E-state index contributed by atoms with van der Waals surface area (Å²) in [5.74, 6) is 1.88. The zero-order valence-electron chi connectivity index (χ0n) is 11.9. The molecule has 1 fully saturated rings. The summed E-state index contributed by atoms with van der Waals surface area (Å²) >= 11 is 1.85. The molecule has 1 amide bonds. The average Bonchev–Trinajstić information content (AvgIpc) is 3.20. The molecule has 106 valence electrons. The number of nitrogens with zero attached hydrogens (tertiary/aromatic N) is 1. The van der Waals surface area contributed by atoms with Crippen LogP contribution in [-0.4, -0.2) is 17.4 Å². The van der Waals surface area contributed by atoms with E-state index >= 15 is 0 Å². The van der Waals surface area contributed by atoms with Gasteiger partial charge in [-0.25, -0.2) is 0 Å². The maximum absolute atomic E-state index is 13.0. The molecule has 2 bridgehead atoms. The molecule has 4 atom stereocenters. The molecule has 3 heteroatoms. The van der Waals surface area contributed by atoms with Crippen LogP contribution >= 0.6 is 11.3 Å². The molecular formula is C17H21NOS. The summed E-state index contributed by atoms with van der Waals surface area (Å²) in [5, 5.41) is 2.18. The summed E-state index contributed by atoms with van der Waals surface area (Å²) < 4.78 is 0. The fourth-order valence-electron chi connectivity index (χ4n) is 4.38. The van der Waals surface area contributed by atoms with Crippen molar-refractivity contribution in [3.05, 3.63) is 34.0 Å². The zero-order chi connectivity index (χ0) is 13.7. The molecular weight excluding hydrogens is 266 g/mol. The highest BCUT2D eigenvalue weighted by Crippen LogP contribution is 2.46. The lowest BCUT2D eigenvalue weighted by Gasteiger charge is -2.38. The Morgan fingerprint density at radius 3 is 3.00 bits per heavy atom. The van der Waals surface area contributed by atoms with Crippen LogP contribution in [0, 0.1) is 17.8 Å². The van der Waals surface area contributed by atoms with Crippen molar-refractivity contribution in [3.63, 3.8) is 0 Å². The molecule has 0 radical (unpaired) electrons. The summed E-state index contributed by atoms with van der Waals surface area (Å²) in [6.07, 6.45) is 8.99. The van der Waals surface area contributed by atoms with E-state index in [2.05, 4.69) is 35.4 Å². The molecule has 0 N–H and O–H groups in total. The van der Waals surface area contributed by atoms with E-state index in [1.54, 1.807) is 0 Å². The number of thiophene rings is 1. The topological polar surface area (TPSA) is 20.3 Å². The quantitative estimate of drug-likeness (QED) is 0.758. The van der Waals surface area contributed by atoms with Gasteiger partial charge in [-0.05, 0) is 54.5 Å². The third kappa shape index (κ3) is 1.79. The maximum Gasteiger partial charge on any atom is 0.226 e. The number of fused-ring (bicyclic) bond motifs is 3. The first-order valence-electron chi connectivity index (χ1n) is 7.83. The molecule has 0 aromatic carbocycles. The van der Waals surface area contributed by atoms with Crippen LogP contribution in [0.15, 0.2) is 23.6 Å². The number of rotatable bonds is 2. The van der Waals surface area contributed by atoms with Crippen LogP contribution in [0.4, 0.5) is 0 Å². The predicted molar refractivity (Wildman–Crippen MR) is 81.6 cm³/mol. The number of hydrogen-bond donors (Lipinski definition) is 0. The minimum Gasteiger partial charge on any atom is -0.335 e. The van der Waals surface area contributed by atoms with E-state index in [0.29, 0.717) is 23.8 Å². The third-order valence-electron chi connectivity index (χ3n) is 5.36. The van der Waals surface area contributed by atoms with E-state index in [0.717, 1.165) is 25.8 Å². The fraction of sp³-hybridized carbons (Fsp3) is 0.588. The first-order chi connectivity index (χ1) is 9.78. The number of carbonyl (C=O) groups is 1. The second-order valence-electron chi connectivity index (χ2n) is 6.39. The van der Waals surface area contributed by atoms with Crippen LogP contribution < -0.4 is 0 Å². The number of carbonyl (C=O) groups excluding carboxylic acids is 1. The molecule has 0 unspecified atom stereocenters. The normalized spacial score (nSPS) is 34.5. The Balaban J connectivity index is 1.59. The molecule has 1 aromatic rings. The minimum atomic E-state index is 0.263. The van der Waals surface area contributed by atoms with Gasteiger partial charge in [0.15, 0.2) is 0 Å². The fourth-order valence-corrected chi connectivity index (χ4v) is 5.31. The Kier molecular flexibility index (Phi) is 2.99. The van der Waals surface area contributed by atoms with Crippen molar-refractivity contribution >= 4 is 17.2 Å². The van der Waals surface area contributed by atoms with Crippen molar-refractivity contribution in [2.75, 3.05) is 6.54 Å². The van der Waals surface area contributed by atoms with Crippen LogP contribution in [0.1, 0.15) is 42.7 Å². The highest BCUT2D eigenvalue weighted by molar-refractivity contribution is 7.10. The molecule has 20 heavy (non-hydrogen) atoms. The molecule has 3 aliphatic rings. The van der Waals surface area contributed by atoms with Gasteiger partial charge < -0.3 is 4.90 Å². The van der Waals surface area contributed by atoms with E-state index in [4.69, 9.17) is 0 Å². The highest BCUT2D eigenvalue weighted by Gasteiger charge is 2.43. The van der Waals surface area contributed by atoms with Crippen molar-refractivity contribution in [1.29, 1.82) is 0 Å². The largest absolute Gasteiger partial charge is 0.335 e. The van der Waals surface area contributed by atoms with Gasteiger partial charge in [0.2, 0.25) is 5.91 Å². The molecule has 1 aliphatic heterocycles. The Labute approximate surface area is 124 Å². The van der Waals surface area contributed by atoms with Gasteiger partial charge in [-0.3, -0.25) is 4.79 Å². The van der Waals surface area contributed by atoms with E-state index in [1.807, 2.05) is 11.3 Å². The van der Waals surface area contributed by atoms with Crippen LogP contribution in [0.2, 0.25) is 0 Å². The second-order valence-corrected chi connectivity index (χ2v) is 7.39. The van der Waals surface area contributed by atoms with Crippen LogP contribution in [0.25, 0.3) is 0 Å². The van der Waals surface area contributed by atoms with Gasteiger partial charge in [-0.2, -0.15) is 0 Å². The average molecular weight is 287 g/mol. The highest BCUT2D eigenvalue weighted by atomic mass is 32.1. The summed E-state index contributed by atoms with van der Waals surface area (Å²) in [6.45, 7) is 3.13. The lowest BCUT2D eigenvalue weighted by molar-refractivity contribution is -0.139. The Hall–Kier alpha value is -1.09. The monoisotopic (exact) mass is 287 g/mol. The Morgan fingerprint density at radius 1 is 1.40 bits per heavy atom. The smallest absolute Gasteiger partial charge is 0.226 e. The standard InChI is InChI=1S/C17H21NOS/c1-2-15-13-6-8-20-16(13)5-7-18(15)17(19)14-10-11-3-4-12(14)9-11/h3-4,6,8,11-12,14-15H,2,5,7,9-10H2,1H3/t11-,12-,14+,15+/m0/s1. The molecule has 2 aliphatic carbocycles. The van der Waals surface area contributed by atoms with Crippen LogP contribution in [-0.2, 0) is 11.2 Å². The van der Waals surface area contributed by atoms with Gasteiger partial charge >= 0.3 is 0 Å². The van der Waals surface area contributed by atoms with Crippen molar-refractivity contribution in [2.45, 2.75) is 38.6 Å². The first kappa shape index (κ1) is 12.6. The van der Waals surface area contributed by atoms with Gasteiger partial charge in [0.05, 0.1) is 6.04 Å². The van der Waals surface area contributed by atoms with E-state index in [9.17, 15) is 4.79 Å². The number of hydrogen-bond acceptors (Lipinski definition) is 2. The molecule has 1 aromatic heterocycles. The second kappa shape index (κ2) is 4.73. The maximum atomic E-state index is 13.0. The Morgan fingerprint density at radius 2 is 2.30 bits per heavy atom. The summed E-state index contributed by atoms with van der Waals surface area (Å²) in [7, 11) is 0. The molecule has 2 heterocycles. The molecule has 1 saturated carbocycles. The van der Waals surface area contributed by atoms with Gasteiger partial charge in [-0.1, -0.05) is 19.1 Å². The molecule has 2 nitrogen and oxygen atoms in total. The van der Waals surface area contributed by atoms with E-state index < -0.39 is 0 Å². The summed E-state index contributed by atoms with van der Waals surface area (Å²) in [6, 6.07) is 2.55. The van der Waals surface area contributed by atoms with Gasteiger partial charge in [-0.15, -0.1) is 11.3 Å².